The lowest BCUT2D eigenvalue weighted by Gasteiger charge is -2.29. The third kappa shape index (κ3) is 1.92. The summed E-state index contributed by atoms with van der Waals surface area (Å²) in [5.74, 6) is 3.84. The van der Waals surface area contributed by atoms with Gasteiger partial charge < -0.3 is 10.3 Å². The maximum absolute atomic E-state index is 6.48. The first-order chi connectivity index (χ1) is 9.28. The van der Waals surface area contributed by atoms with Gasteiger partial charge in [0, 0.05) is 5.92 Å². The maximum Gasteiger partial charge on any atom is 0.230 e. The molecule has 0 saturated heterocycles. The van der Waals surface area contributed by atoms with Crippen LogP contribution in [0.5, 0.6) is 0 Å². The Morgan fingerprint density at radius 3 is 2.37 bits per heavy atom. The van der Waals surface area contributed by atoms with Crippen LogP contribution in [0.25, 0.3) is 0 Å². The van der Waals surface area contributed by atoms with Gasteiger partial charge in [-0.1, -0.05) is 37.3 Å². The Bertz CT molecular complexity index is 452. The molecule has 1 heterocycles. The summed E-state index contributed by atoms with van der Waals surface area (Å²) in [7, 11) is 0. The van der Waals surface area contributed by atoms with Gasteiger partial charge in [-0.05, 0) is 37.5 Å². The zero-order valence-corrected chi connectivity index (χ0v) is 11.5. The van der Waals surface area contributed by atoms with Crippen molar-refractivity contribution in [2.75, 3.05) is 0 Å². The highest BCUT2D eigenvalue weighted by molar-refractivity contribution is 5.16. The van der Waals surface area contributed by atoms with E-state index in [0.29, 0.717) is 5.92 Å². The van der Waals surface area contributed by atoms with E-state index in [0.717, 1.165) is 36.4 Å². The second kappa shape index (κ2) is 4.30. The molecule has 0 spiro atoms. The van der Waals surface area contributed by atoms with E-state index in [1.54, 1.807) is 0 Å². The fraction of sp³-hybridized carbons (Fsp3) is 0.867. The molecule has 3 aliphatic rings. The molecule has 104 valence electrons. The average Bonchev–Trinajstić information content (AvgIpc) is 2.95. The summed E-state index contributed by atoms with van der Waals surface area (Å²) in [5.41, 5.74) is 6.16. The van der Waals surface area contributed by atoms with Gasteiger partial charge in [-0.25, -0.2) is 0 Å². The van der Waals surface area contributed by atoms with Crippen molar-refractivity contribution in [3.63, 3.8) is 0 Å². The molecule has 2 unspecified atom stereocenters. The second-order valence-corrected chi connectivity index (χ2v) is 6.81. The molecule has 3 aliphatic carbocycles. The lowest BCUT2D eigenvalue weighted by Crippen LogP contribution is -2.39. The van der Waals surface area contributed by atoms with Crippen molar-refractivity contribution >= 4 is 0 Å². The molecule has 3 saturated carbocycles. The molecule has 4 nitrogen and oxygen atoms in total. The van der Waals surface area contributed by atoms with E-state index in [1.807, 2.05) is 0 Å². The van der Waals surface area contributed by atoms with Gasteiger partial charge in [-0.15, -0.1) is 0 Å². The quantitative estimate of drug-likeness (QED) is 0.888. The minimum Gasteiger partial charge on any atom is -0.339 e. The average molecular weight is 261 g/mol. The van der Waals surface area contributed by atoms with Gasteiger partial charge in [0.2, 0.25) is 5.89 Å². The normalized spacial score (nSPS) is 36.8. The molecule has 4 rings (SSSR count). The summed E-state index contributed by atoms with van der Waals surface area (Å²) in [6.45, 7) is 0. The standard InChI is InChI=1S/C15H23N3O/c16-15(8-4-1-5-9-15)14-17-13(19-18-14)12-10-6-2-3-7-11(10)12/h10-12H,1-9,16H2. The Labute approximate surface area is 114 Å². The van der Waals surface area contributed by atoms with Crippen molar-refractivity contribution < 1.29 is 4.52 Å². The zero-order chi connectivity index (χ0) is 12.9. The van der Waals surface area contributed by atoms with E-state index in [4.69, 9.17) is 10.3 Å². The molecule has 0 amide bonds. The van der Waals surface area contributed by atoms with Gasteiger partial charge in [0.15, 0.2) is 5.82 Å². The Balaban J connectivity index is 1.53. The molecule has 2 atom stereocenters. The summed E-state index contributed by atoms with van der Waals surface area (Å²) in [5, 5.41) is 4.22. The third-order valence-corrected chi connectivity index (χ3v) is 5.57. The van der Waals surface area contributed by atoms with E-state index in [2.05, 4.69) is 10.1 Å². The van der Waals surface area contributed by atoms with Gasteiger partial charge in [0.1, 0.15) is 0 Å². The van der Waals surface area contributed by atoms with Gasteiger partial charge in [0.25, 0.3) is 0 Å². The van der Waals surface area contributed by atoms with Crippen molar-refractivity contribution in [3.05, 3.63) is 11.7 Å². The lowest BCUT2D eigenvalue weighted by atomic mass is 9.82. The minimum atomic E-state index is -0.319. The van der Waals surface area contributed by atoms with Crippen LogP contribution in [0.1, 0.15) is 75.4 Å². The number of hydrogen-bond acceptors (Lipinski definition) is 4. The number of nitrogens with two attached hydrogens (primary N) is 1. The first-order valence-corrected chi connectivity index (χ1v) is 7.91. The van der Waals surface area contributed by atoms with E-state index in [-0.39, 0.29) is 5.54 Å². The number of rotatable bonds is 2. The molecule has 0 aromatic carbocycles. The van der Waals surface area contributed by atoms with Crippen molar-refractivity contribution in [1.29, 1.82) is 0 Å². The Morgan fingerprint density at radius 1 is 1.00 bits per heavy atom. The number of aromatic nitrogens is 2. The maximum atomic E-state index is 6.48. The van der Waals surface area contributed by atoms with Crippen LogP contribution in [-0.2, 0) is 5.54 Å². The smallest absolute Gasteiger partial charge is 0.230 e. The molecular formula is C15H23N3O. The summed E-state index contributed by atoms with van der Waals surface area (Å²) in [4.78, 5) is 4.69. The second-order valence-electron chi connectivity index (χ2n) is 6.81. The van der Waals surface area contributed by atoms with E-state index in [1.165, 1.54) is 44.9 Å². The highest BCUT2D eigenvalue weighted by Gasteiger charge is 2.54. The first-order valence-electron chi connectivity index (χ1n) is 7.91. The highest BCUT2D eigenvalue weighted by Crippen LogP contribution is 2.60. The zero-order valence-electron chi connectivity index (χ0n) is 11.5. The minimum absolute atomic E-state index is 0.319. The van der Waals surface area contributed by atoms with E-state index in [9.17, 15) is 0 Å². The molecule has 0 aliphatic heterocycles. The van der Waals surface area contributed by atoms with Crippen LogP contribution in [-0.4, -0.2) is 10.1 Å². The SMILES string of the molecule is NC1(c2noc(C3C4CCCCC43)n2)CCCCC1. The number of nitrogens with zero attached hydrogens (tertiary/aromatic N) is 2. The predicted molar refractivity (Wildman–Crippen MR) is 71.4 cm³/mol. The topological polar surface area (TPSA) is 64.9 Å². The first kappa shape index (κ1) is 11.9. The van der Waals surface area contributed by atoms with Crippen LogP contribution in [0.4, 0.5) is 0 Å². The Hall–Kier alpha value is -0.900. The number of hydrogen-bond donors (Lipinski definition) is 1. The fourth-order valence-electron chi connectivity index (χ4n) is 4.34. The molecule has 1 aromatic heterocycles. The van der Waals surface area contributed by atoms with Gasteiger partial charge in [0.05, 0.1) is 5.54 Å². The monoisotopic (exact) mass is 261 g/mol. The van der Waals surface area contributed by atoms with Crippen LogP contribution >= 0.6 is 0 Å². The lowest BCUT2D eigenvalue weighted by molar-refractivity contribution is 0.273. The molecule has 4 heteroatoms. The van der Waals surface area contributed by atoms with Crippen molar-refractivity contribution in [2.45, 2.75) is 69.2 Å². The Morgan fingerprint density at radius 2 is 1.68 bits per heavy atom. The van der Waals surface area contributed by atoms with Gasteiger partial charge >= 0.3 is 0 Å². The molecule has 19 heavy (non-hydrogen) atoms. The largest absolute Gasteiger partial charge is 0.339 e. The summed E-state index contributed by atoms with van der Waals surface area (Å²) in [6, 6.07) is 0. The molecule has 1 aromatic rings. The molecule has 3 fully saturated rings. The van der Waals surface area contributed by atoms with Gasteiger partial charge in [-0.2, -0.15) is 4.98 Å². The van der Waals surface area contributed by atoms with Crippen LogP contribution in [0, 0.1) is 11.8 Å². The molecular weight excluding hydrogens is 238 g/mol. The van der Waals surface area contributed by atoms with Crippen molar-refractivity contribution in [1.82, 2.24) is 10.1 Å². The van der Waals surface area contributed by atoms with Crippen molar-refractivity contribution in [2.24, 2.45) is 17.6 Å². The van der Waals surface area contributed by atoms with Crippen molar-refractivity contribution in [3.8, 4) is 0 Å². The summed E-state index contributed by atoms with van der Waals surface area (Å²) in [6.07, 6.45) is 11.1. The predicted octanol–water partition coefficient (Wildman–Crippen LogP) is 3.09. The van der Waals surface area contributed by atoms with E-state index < -0.39 is 0 Å². The molecule has 2 N–H and O–H groups in total. The van der Waals surface area contributed by atoms with Crippen LogP contribution in [0.2, 0.25) is 0 Å². The van der Waals surface area contributed by atoms with Crippen LogP contribution < -0.4 is 5.73 Å². The van der Waals surface area contributed by atoms with Gasteiger partial charge in [-0.3, -0.25) is 0 Å². The number of fused-ring (bicyclic) bond motifs is 1. The highest BCUT2D eigenvalue weighted by atomic mass is 16.5. The summed E-state index contributed by atoms with van der Waals surface area (Å²) >= 11 is 0. The van der Waals surface area contributed by atoms with Crippen LogP contribution in [0.3, 0.4) is 0 Å². The van der Waals surface area contributed by atoms with E-state index >= 15 is 0 Å². The molecule has 0 radical (unpaired) electrons. The van der Waals surface area contributed by atoms with Crippen LogP contribution in [0.15, 0.2) is 4.52 Å². The third-order valence-electron chi connectivity index (χ3n) is 5.57. The molecule has 0 bridgehead atoms. The summed E-state index contributed by atoms with van der Waals surface area (Å²) < 4.78 is 5.56. The fourth-order valence-corrected chi connectivity index (χ4v) is 4.34. The Kier molecular flexibility index (Phi) is 2.69.